The maximum atomic E-state index is 13.1. The highest BCUT2D eigenvalue weighted by Crippen LogP contribution is 2.27. The summed E-state index contributed by atoms with van der Waals surface area (Å²) in [5.41, 5.74) is 2.61. The summed E-state index contributed by atoms with van der Waals surface area (Å²) in [6, 6.07) is 14.9. The standard InChI is InChI=1S/C26H35N3O3/c1-18(2)24(28-25(30)22-13-6-5-10-19(22)3)26(31)27-17-23(29-14-7-8-15-29)20-11-9-12-21(16-20)32-4/h5-6,9-13,16,18,23-24H,7-8,14-15,17H2,1-4H3,(H,27,31)(H,28,30). The molecular weight excluding hydrogens is 402 g/mol. The fraction of sp³-hybridized carbons (Fsp3) is 0.462. The molecule has 2 aromatic carbocycles. The van der Waals surface area contributed by atoms with Gasteiger partial charge in [-0.1, -0.05) is 44.2 Å². The van der Waals surface area contributed by atoms with Gasteiger partial charge in [0.05, 0.1) is 13.2 Å². The predicted octanol–water partition coefficient (Wildman–Crippen LogP) is 3.71. The van der Waals surface area contributed by atoms with E-state index in [0.29, 0.717) is 12.1 Å². The van der Waals surface area contributed by atoms with Crippen molar-refractivity contribution in [3.05, 3.63) is 65.2 Å². The van der Waals surface area contributed by atoms with E-state index >= 15 is 0 Å². The van der Waals surface area contributed by atoms with Gasteiger partial charge in [-0.3, -0.25) is 14.5 Å². The van der Waals surface area contributed by atoms with Crippen LogP contribution in [0.15, 0.2) is 48.5 Å². The van der Waals surface area contributed by atoms with Crippen LogP contribution >= 0.6 is 0 Å². The number of likely N-dealkylation sites (tertiary alicyclic amines) is 1. The molecule has 2 aromatic rings. The van der Waals surface area contributed by atoms with Gasteiger partial charge in [0.2, 0.25) is 5.91 Å². The van der Waals surface area contributed by atoms with Gasteiger partial charge in [-0.2, -0.15) is 0 Å². The van der Waals surface area contributed by atoms with Crippen LogP contribution in [0.25, 0.3) is 0 Å². The molecule has 0 bridgehead atoms. The van der Waals surface area contributed by atoms with Crippen LogP contribution in [-0.4, -0.2) is 49.5 Å². The van der Waals surface area contributed by atoms with Gasteiger partial charge in [-0.25, -0.2) is 0 Å². The van der Waals surface area contributed by atoms with Crippen LogP contribution in [0.5, 0.6) is 5.75 Å². The number of methoxy groups -OCH3 is 1. The fourth-order valence-corrected chi connectivity index (χ4v) is 4.25. The number of nitrogens with zero attached hydrogens (tertiary/aromatic N) is 1. The van der Waals surface area contributed by atoms with Crippen molar-refractivity contribution in [1.29, 1.82) is 0 Å². The smallest absolute Gasteiger partial charge is 0.252 e. The summed E-state index contributed by atoms with van der Waals surface area (Å²) in [4.78, 5) is 28.4. The van der Waals surface area contributed by atoms with Gasteiger partial charge < -0.3 is 15.4 Å². The zero-order valence-corrected chi connectivity index (χ0v) is 19.6. The summed E-state index contributed by atoms with van der Waals surface area (Å²) in [6.45, 7) is 8.29. The summed E-state index contributed by atoms with van der Waals surface area (Å²) >= 11 is 0. The Morgan fingerprint density at radius 2 is 1.78 bits per heavy atom. The fourth-order valence-electron chi connectivity index (χ4n) is 4.25. The Labute approximate surface area is 191 Å². The van der Waals surface area contributed by atoms with Crippen LogP contribution in [0.4, 0.5) is 0 Å². The first-order valence-electron chi connectivity index (χ1n) is 11.4. The summed E-state index contributed by atoms with van der Waals surface area (Å²) in [7, 11) is 1.66. The highest BCUT2D eigenvalue weighted by atomic mass is 16.5. The Balaban J connectivity index is 1.71. The zero-order chi connectivity index (χ0) is 23.1. The lowest BCUT2D eigenvalue weighted by molar-refractivity contribution is -0.124. The van der Waals surface area contributed by atoms with Crippen molar-refractivity contribution in [3.8, 4) is 5.75 Å². The number of hydrogen-bond acceptors (Lipinski definition) is 4. The lowest BCUT2D eigenvalue weighted by Crippen LogP contribution is -2.51. The van der Waals surface area contributed by atoms with Gasteiger partial charge >= 0.3 is 0 Å². The SMILES string of the molecule is COc1cccc(C(CNC(=O)C(NC(=O)c2ccccc2C)C(C)C)N2CCCC2)c1. The molecular formula is C26H35N3O3. The van der Waals surface area contributed by atoms with E-state index in [9.17, 15) is 9.59 Å². The van der Waals surface area contributed by atoms with Crippen molar-refractivity contribution in [2.45, 2.75) is 45.7 Å². The number of rotatable bonds is 9. The molecule has 2 atom stereocenters. The van der Waals surface area contributed by atoms with E-state index in [2.05, 4.69) is 21.6 Å². The minimum absolute atomic E-state index is 0.0370. The van der Waals surface area contributed by atoms with E-state index in [1.54, 1.807) is 13.2 Å². The Morgan fingerprint density at radius 3 is 2.44 bits per heavy atom. The Hall–Kier alpha value is -2.86. The molecule has 1 aliphatic heterocycles. The molecule has 6 heteroatoms. The predicted molar refractivity (Wildman–Crippen MR) is 127 cm³/mol. The average molecular weight is 438 g/mol. The van der Waals surface area contributed by atoms with Crippen molar-refractivity contribution >= 4 is 11.8 Å². The molecule has 3 rings (SSSR count). The number of carbonyl (C=O) groups excluding carboxylic acids is 2. The summed E-state index contributed by atoms with van der Waals surface area (Å²) in [5, 5.41) is 6.05. The van der Waals surface area contributed by atoms with Gasteiger partial charge in [0.25, 0.3) is 5.91 Å². The monoisotopic (exact) mass is 437 g/mol. The lowest BCUT2D eigenvalue weighted by atomic mass is 10.0. The van der Waals surface area contributed by atoms with Crippen molar-refractivity contribution < 1.29 is 14.3 Å². The van der Waals surface area contributed by atoms with E-state index in [-0.39, 0.29) is 23.8 Å². The second kappa shape index (κ2) is 11.1. The maximum absolute atomic E-state index is 13.1. The molecule has 2 N–H and O–H groups in total. The molecule has 32 heavy (non-hydrogen) atoms. The van der Waals surface area contributed by atoms with Crippen molar-refractivity contribution in [2.24, 2.45) is 5.92 Å². The van der Waals surface area contributed by atoms with Crippen LogP contribution < -0.4 is 15.4 Å². The molecule has 1 aliphatic rings. The molecule has 2 amide bonds. The van der Waals surface area contributed by atoms with E-state index in [0.717, 1.165) is 42.8 Å². The Kier molecular flexibility index (Phi) is 8.28. The molecule has 1 heterocycles. The molecule has 0 spiro atoms. The number of benzene rings is 2. The minimum atomic E-state index is -0.605. The average Bonchev–Trinajstić information content (AvgIpc) is 3.32. The van der Waals surface area contributed by atoms with Gasteiger partial charge in [0.1, 0.15) is 11.8 Å². The van der Waals surface area contributed by atoms with Gasteiger partial charge in [0.15, 0.2) is 0 Å². The maximum Gasteiger partial charge on any atom is 0.252 e. The lowest BCUT2D eigenvalue weighted by Gasteiger charge is -2.30. The number of amides is 2. The quantitative estimate of drug-likeness (QED) is 0.627. The van der Waals surface area contributed by atoms with Crippen LogP contribution in [-0.2, 0) is 4.79 Å². The second-order valence-corrected chi connectivity index (χ2v) is 8.79. The molecule has 0 aromatic heterocycles. The molecule has 0 radical (unpaired) electrons. The van der Waals surface area contributed by atoms with E-state index < -0.39 is 6.04 Å². The minimum Gasteiger partial charge on any atom is -0.497 e. The first kappa shape index (κ1) is 23.8. The Bertz CT molecular complexity index is 922. The van der Waals surface area contributed by atoms with Crippen molar-refractivity contribution in [2.75, 3.05) is 26.7 Å². The highest BCUT2D eigenvalue weighted by molar-refractivity contribution is 5.98. The van der Waals surface area contributed by atoms with Gasteiger partial charge in [-0.15, -0.1) is 0 Å². The Morgan fingerprint density at radius 1 is 1.06 bits per heavy atom. The van der Waals surface area contributed by atoms with Gasteiger partial charge in [-0.05, 0) is 68.1 Å². The van der Waals surface area contributed by atoms with Crippen molar-refractivity contribution in [3.63, 3.8) is 0 Å². The highest BCUT2D eigenvalue weighted by Gasteiger charge is 2.28. The van der Waals surface area contributed by atoms with E-state index in [1.807, 2.05) is 57.2 Å². The molecule has 2 unspecified atom stereocenters. The third-order valence-corrected chi connectivity index (χ3v) is 6.16. The first-order chi connectivity index (χ1) is 15.4. The molecule has 1 saturated heterocycles. The largest absolute Gasteiger partial charge is 0.497 e. The number of hydrogen-bond donors (Lipinski definition) is 2. The third-order valence-electron chi connectivity index (χ3n) is 6.16. The molecule has 0 saturated carbocycles. The third kappa shape index (κ3) is 5.88. The van der Waals surface area contributed by atoms with Crippen LogP contribution in [0.1, 0.15) is 54.2 Å². The second-order valence-electron chi connectivity index (χ2n) is 8.79. The van der Waals surface area contributed by atoms with E-state index in [4.69, 9.17) is 4.74 Å². The molecule has 6 nitrogen and oxygen atoms in total. The normalized spacial score (nSPS) is 15.9. The van der Waals surface area contributed by atoms with Crippen molar-refractivity contribution in [1.82, 2.24) is 15.5 Å². The molecule has 1 fully saturated rings. The molecule has 0 aliphatic carbocycles. The van der Waals surface area contributed by atoms with Crippen LogP contribution in [0, 0.1) is 12.8 Å². The molecule has 172 valence electrons. The van der Waals surface area contributed by atoms with Gasteiger partial charge in [0, 0.05) is 12.1 Å². The number of aryl methyl sites for hydroxylation is 1. The summed E-state index contributed by atoms with van der Waals surface area (Å²) in [6.07, 6.45) is 2.32. The summed E-state index contributed by atoms with van der Waals surface area (Å²) < 4.78 is 5.41. The number of ether oxygens (including phenoxy) is 1. The zero-order valence-electron chi connectivity index (χ0n) is 19.6. The first-order valence-corrected chi connectivity index (χ1v) is 11.4. The van der Waals surface area contributed by atoms with E-state index in [1.165, 1.54) is 0 Å². The topological polar surface area (TPSA) is 70.7 Å². The summed E-state index contributed by atoms with van der Waals surface area (Å²) in [5.74, 6) is 0.392. The van der Waals surface area contributed by atoms with Crippen LogP contribution in [0.2, 0.25) is 0 Å². The number of carbonyl (C=O) groups is 2. The van der Waals surface area contributed by atoms with Crippen LogP contribution in [0.3, 0.4) is 0 Å². The number of nitrogens with one attached hydrogen (secondary N) is 2.